The Labute approximate surface area is 112 Å². The fourth-order valence-corrected chi connectivity index (χ4v) is 1.97. The second-order valence-electron chi connectivity index (χ2n) is 4.16. The van der Waals surface area contributed by atoms with Gasteiger partial charge in [0.25, 0.3) is 0 Å². The minimum atomic E-state index is 0.190. The van der Waals surface area contributed by atoms with Crippen LogP contribution in [0.3, 0.4) is 0 Å². The lowest BCUT2D eigenvalue weighted by Gasteiger charge is -2.25. The normalized spacial score (nSPS) is 11.2. The second kappa shape index (κ2) is 7.69. The van der Waals surface area contributed by atoms with Crippen LogP contribution in [0.2, 0.25) is 0 Å². The predicted molar refractivity (Wildman–Crippen MR) is 73.4 cm³/mol. The van der Waals surface area contributed by atoms with Gasteiger partial charge in [0, 0.05) is 23.6 Å². The Hall–Kier alpha value is -0.580. The van der Waals surface area contributed by atoms with E-state index < -0.39 is 0 Å². The van der Waals surface area contributed by atoms with E-state index in [2.05, 4.69) is 34.7 Å². The maximum atomic E-state index is 8.95. The summed E-state index contributed by atoms with van der Waals surface area (Å²) in [6.45, 7) is 6.58. The van der Waals surface area contributed by atoms with Gasteiger partial charge in [-0.15, -0.1) is 0 Å². The van der Waals surface area contributed by atoms with E-state index in [1.54, 1.807) is 0 Å². The molecule has 0 saturated heterocycles. The van der Waals surface area contributed by atoms with Gasteiger partial charge in [-0.25, -0.2) is 0 Å². The van der Waals surface area contributed by atoms with Crippen molar-refractivity contribution in [1.82, 2.24) is 4.90 Å². The lowest BCUT2D eigenvalue weighted by Crippen LogP contribution is -2.36. The van der Waals surface area contributed by atoms with E-state index in [0.717, 1.165) is 16.8 Å². The lowest BCUT2D eigenvalue weighted by molar-refractivity contribution is 0.141. The SMILES string of the molecule is CC(C)N(CCO)CCOc1cccc(Br)c1. The molecule has 0 bridgehead atoms. The van der Waals surface area contributed by atoms with E-state index in [0.29, 0.717) is 19.2 Å². The largest absolute Gasteiger partial charge is 0.492 e. The zero-order chi connectivity index (χ0) is 12.7. The molecule has 0 aliphatic rings. The van der Waals surface area contributed by atoms with Gasteiger partial charge in [0.2, 0.25) is 0 Å². The molecule has 0 spiro atoms. The Balaban J connectivity index is 2.35. The van der Waals surface area contributed by atoms with Crippen LogP contribution in [0.15, 0.2) is 28.7 Å². The summed E-state index contributed by atoms with van der Waals surface area (Å²) in [5.41, 5.74) is 0. The summed E-state index contributed by atoms with van der Waals surface area (Å²) in [6.07, 6.45) is 0. The molecule has 3 nitrogen and oxygen atoms in total. The molecule has 0 aliphatic heterocycles. The first-order valence-electron chi connectivity index (χ1n) is 5.86. The summed E-state index contributed by atoms with van der Waals surface area (Å²) in [4.78, 5) is 2.19. The van der Waals surface area contributed by atoms with Gasteiger partial charge in [-0.1, -0.05) is 22.0 Å². The molecule has 1 aromatic rings. The number of aliphatic hydroxyl groups excluding tert-OH is 1. The van der Waals surface area contributed by atoms with Crippen molar-refractivity contribution in [2.75, 3.05) is 26.3 Å². The molecule has 4 heteroatoms. The molecule has 0 atom stereocenters. The Morgan fingerprint density at radius 1 is 1.35 bits per heavy atom. The minimum absolute atomic E-state index is 0.190. The van der Waals surface area contributed by atoms with Crippen LogP contribution in [0, 0.1) is 0 Å². The van der Waals surface area contributed by atoms with Gasteiger partial charge in [0.05, 0.1) is 6.61 Å². The molecule has 0 radical (unpaired) electrons. The van der Waals surface area contributed by atoms with Gasteiger partial charge in [0.15, 0.2) is 0 Å². The number of aliphatic hydroxyl groups is 1. The van der Waals surface area contributed by atoms with Crippen LogP contribution in [0.5, 0.6) is 5.75 Å². The number of halogens is 1. The van der Waals surface area contributed by atoms with E-state index in [1.165, 1.54) is 0 Å². The standard InChI is InChI=1S/C13H20BrNO2/c1-11(2)15(6-8-16)7-9-17-13-5-3-4-12(14)10-13/h3-5,10-11,16H,6-9H2,1-2H3. The zero-order valence-electron chi connectivity index (χ0n) is 10.4. The number of rotatable bonds is 7. The summed E-state index contributed by atoms with van der Waals surface area (Å²) in [6, 6.07) is 8.24. The van der Waals surface area contributed by atoms with Gasteiger partial charge >= 0.3 is 0 Å². The minimum Gasteiger partial charge on any atom is -0.492 e. The first kappa shape index (κ1) is 14.5. The Morgan fingerprint density at radius 3 is 2.71 bits per heavy atom. The van der Waals surface area contributed by atoms with Gasteiger partial charge in [-0.05, 0) is 32.0 Å². The van der Waals surface area contributed by atoms with Crippen molar-refractivity contribution in [1.29, 1.82) is 0 Å². The topological polar surface area (TPSA) is 32.7 Å². The molecular formula is C13H20BrNO2. The maximum absolute atomic E-state index is 8.95. The molecule has 96 valence electrons. The van der Waals surface area contributed by atoms with E-state index in [-0.39, 0.29) is 6.61 Å². The fourth-order valence-electron chi connectivity index (χ4n) is 1.59. The molecule has 1 rings (SSSR count). The molecular weight excluding hydrogens is 282 g/mol. The lowest BCUT2D eigenvalue weighted by atomic mass is 10.3. The van der Waals surface area contributed by atoms with Crippen molar-refractivity contribution < 1.29 is 9.84 Å². The zero-order valence-corrected chi connectivity index (χ0v) is 12.0. The smallest absolute Gasteiger partial charge is 0.120 e. The molecule has 1 N–H and O–H groups in total. The van der Waals surface area contributed by atoms with E-state index in [9.17, 15) is 0 Å². The number of nitrogens with zero attached hydrogens (tertiary/aromatic N) is 1. The molecule has 0 aliphatic carbocycles. The average molecular weight is 302 g/mol. The van der Waals surface area contributed by atoms with Crippen LogP contribution in [-0.4, -0.2) is 42.4 Å². The fraction of sp³-hybridized carbons (Fsp3) is 0.538. The molecule has 17 heavy (non-hydrogen) atoms. The number of hydrogen-bond acceptors (Lipinski definition) is 3. The number of ether oxygens (including phenoxy) is 1. The number of benzene rings is 1. The summed E-state index contributed by atoms with van der Waals surface area (Å²) >= 11 is 3.41. The maximum Gasteiger partial charge on any atom is 0.120 e. The number of hydrogen-bond donors (Lipinski definition) is 1. The van der Waals surface area contributed by atoms with Crippen molar-refractivity contribution in [2.24, 2.45) is 0 Å². The monoisotopic (exact) mass is 301 g/mol. The highest BCUT2D eigenvalue weighted by Gasteiger charge is 2.08. The highest BCUT2D eigenvalue weighted by molar-refractivity contribution is 9.10. The summed E-state index contributed by atoms with van der Waals surface area (Å²) < 4.78 is 6.68. The average Bonchev–Trinajstić information content (AvgIpc) is 2.28. The van der Waals surface area contributed by atoms with Crippen LogP contribution in [0.4, 0.5) is 0 Å². The molecule has 0 saturated carbocycles. The highest BCUT2D eigenvalue weighted by Crippen LogP contribution is 2.17. The van der Waals surface area contributed by atoms with Gasteiger partial charge < -0.3 is 9.84 Å². The summed E-state index contributed by atoms with van der Waals surface area (Å²) in [7, 11) is 0. The van der Waals surface area contributed by atoms with Crippen molar-refractivity contribution in [3.05, 3.63) is 28.7 Å². The van der Waals surface area contributed by atoms with Crippen molar-refractivity contribution >= 4 is 15.9 Å². The third kappa shape index (κ3) is 5.52. The quantitative estimate of drug-likeness (QED) is 0.840. The third-order valence-corrected chi connectivity index (χ3v) is 3.05. The van der Waals surface area contributed by atoms with Crippen LogP contribution in [0.25, 0.3) is 0 Å². The summed E-state index contributed by atoms with van der Waals surface area (Å²) in [5, 5.41) is 8.95. The second-order valence-corrected chi connectivity index (χ2v) is 5.07. The molecule has 0 unspecified atom stereocenters. The van der Waals surface area contributed by atoms with Crippen molar-refractivity contribution in [3.8, 4) is 5.75 Å². The Bertz CT molecular complexity index is 331. The molecule has 1 aromatic carbocycles. The van der Waals surface area contributed by atoms with Crippen molar-refractivity contribution in [2.45, 2.75) is 19.9 Å². The van der Waals surface area contributed by atoms with Gasteiger partial charge in [0.1, 0.15) is 12.4 Å². The first-order chi connectivity index (χ1) is 8.13. The van der Waals surface area contributed by atoms with Gasteiger partial charge in [-0.3, -0.25) is 4.90 Å². The van der Waals surface area contributed by atoms with E-state index in [4.69, 9.17) is 9.84 Å². The summed E-state index contributed by atoms with van der Waals surface area (Å²) in [5.74, 6) is 0.868. The first-order valence-corrected chi connectivity index (χ1v) is 6.66. The van der Waals surface area contributed by atoms with Crippen molar-refractivity contribution in [3.63, 3.8) is 0 Å². The Kier molecular flexibility index (Phi) is 6.55. The molecule has 0 fully saturated rings. The molecule has 0 aromatic heterocycles. The highest BCUT2D eigenvalue weighted by atomic mass is 79.9. The van der Waals surface area contributed by atoms with Gasteiger partial charge in [-0.2, -0.15) is 0 Å². The van der Waals surface area contributed by atoms with E-state index in [1.807, 2.05) is 24.3 Å². The molecule has 0 heterocycles. The van der Waals surface area contributed by atoms with Crippen LogP contribution in [0.1, 0.15) is 13.8 Å². The predicted octanol–water partition coefficient (Wildman–Crippen LogP) is 2.53. The van der Waals surface area contributed by atoms with Crippen LogP contribution < -0.4 is 4.74 Å². The Morgan fingerprint density at radius 2 is 2.12 bits per heavy atom. The third-order valence-electron chi connectivity index (χ3n) is 2.56. The molecule has 0 amide bonds. The van der Waals surface area contributed by atoms with Crippen LogP contribution >= 0.6 is 15.9 Å². The van der Waals surface area contributed by atoms with E-state index >= 15 is 0 Å². The van der Waals surface area contributed by atoms with Crippen LogP contribution in [-0.2, 0) is 0 Å².